The van der Waals surface area contributed by atoms with Crippen molar-refractivity contribution in [3.63, 3.8) is 0 Å². The number of nitrogens with one attached hydrogen (secondary N) is 1. The van der Waals surface area contributed by atoms with Crippen LogP contribution in [0, 0.1) is 23.0 Å². The van der Waals surface area contributed by atoms with Crippen molar-refractivity contribution in [2.24, 2.45) is 4.99 Å². The lowest BCUT2D eigenvalue weighted by Crippen LogP contribution is -2.26. The van der Waals surface area contributed by atoms with Gasteiger partial charge in [0, 0.05) is 17.1 Å². The second-order valence-corrected chi connectivity index (χ2v) is 6.79. The Balaban J connectivity index is 1.68. The Morgan fingerprint density at radius 2 is 1.97 bits per heavy atom. The standard InChI is InChI=1S/C19H10ClF5N4O/c20-11-2-3-12(21)15(17(11)22)18-27-14(28-30-18)8-29-6-5-10-13(29)4-1-9(7-26)16(10)19(23,24)25/h1-6,14,28H,8H2. The van der Waals surface area contributed by atoms with Crippen LogP contribution in [0.25, 0.3) is 10.9 Å². The molecule has 30 heavy (non-hydrogen) atoms. The Hall–Kier alpha value is -3.16. The van der Waals surface area contributed by atoms with Crippen LogP contribution < -0.4 is 5.48 Å². The summed E-state index contributed by atoms with van der Waals surface area (Å²) in [5.74, 6) is -2.33. The number of halogens is 6. The van der Waals surface area contributed by atoms with E-state index in [1.165, 1.54) is 22.9 Å². The van der Waals surface area contributed by atoms with E-state index in [4.69, 9.17) is 21.7 Å². The van der Waals surface area contributed by atoms with Gasteiger partial charge in [-0.15, -0.1) is 5.48 Å². The first-order chi connectivity index (χ1) is 14.2. The number of benzene rings is 2. The SMILES string of the molecule is N#Cc1ccc2c(ccn2CC2N=C(c3c(F)ccc(Cl)c3F)ON2)c1C(F)(F)F. The number of alkyl halides is 3. The molecule has 0 radical (unpaired) electrons. The molecule has 0 amide bonds. The Morgan fingerprint density at radius 1 is 1.20 bits per heavy atom. The summed E-state index contributed by atoms with van der Waals surface area (Å²) >= 11 is 5.67. The topological polar surface area (TPSA) is 62.3 Å². The molecule has 2 aromatic carbocycles. The normalized spacial score (nSPS) is 16.4. The summed E-state index contributed by atoms with van der Waals surface area (Å²) in [7, 11) is 0. The third-order valence-corrected chi connectivity index (χ3v) is 4.84. The molecule has 0 bridgehead atoms. The van der Waals surface area contributed by atoms with E-state index in [0.29, 0.717) is 0 Å². The van der Waals surface area contributed by atoms with Crippen LogP contribution >= 0.6 is 11.6 Å². The van der Waals surface area contributed by atoms with Crippen LogP contribution in [-0.2, 0) is 17.6 Å². The minimum atomic E-state index is -4.71. The van der Waals surface area contributed by atoms with Gasteiger partial charge in [-0.25, -0.2) is 13.8 Å². The van der Waals surface area contributed by atoms with Gasteiger partial charge in [0.05, 0.1) is 28.8 Å². The molecule has 1 aromatic heterocycles. The molecule has 1 N–H and O–H groups in total. The van der Waals surface area contributed by atoms with Crippen molar-refractivity contribution in [3.8, 4) is 6.07 Å². The van der Waals surface area contributed by atoms with Crippen molar-refractivity contribution in [1.82, 2.24) is 10.0 Å². The second-order valence-electron chi connectivity index (χ2n) is 6.39. The van der Waals surface area contributed by atoms with Gasteiger partial charge in [-0.2, -0.15) is 18.4 Å². The number of hydroxylamine groups is 1. The van der Waals surface area contributed by atoms with Crippen LogP contribution in [0.1, 0.15) is 16.7 Å². The van der Waals surface area contributed by atoms with Crippen molar-refractivity contribution >= 4 is 28.4 Å². The average molecular weight is 441 g/mol. The van der Waals surface area contributed by atoms with E-state index < -0.39 is 40.7 Å². The summed E-state index contributed by atoms with van der Waals surface area (Å²) in [6.45, 7) is 0.00000118. The number of fused-ring (bicyclic) bond motifs is 1. The lowest BCUT2D eigenvalue weighted by molar-refractivity contribution is -0.136. The number of aliphatic imine (C=N–C) groups is 1. The van der Waals surface area contributed by atoms with Gasteiger partial charge in [0.2, 0.25) is 5.90 Å². The number of nitrogens with zero attached hydrogens (tertiary/aromatic N) is 3. The fraction of sp³-hybridized carbons (Fsp3) is 0.158. The number of rotatable bonds is 3. The smallest absolute Gasteiger partial charge is 0.386 e. The molecule has 0 fully saturated rings. The van der Waals surface area contributed by atoms with E-state index in [2.05, 4.69) is 10.5 Å². The highest BCUT2D eigenvalue weighted by atomic mass is 35.5. The largest absolute Gasteiger partial charge is 0.418 e. The van der Waals surface area contributed by atoms with Crippen LogP contribution in [-0.4, -0.2) is 16.6 Å². The molecule has 0 aliphatic carbocycles. The molecule has 4 rings (SSSR count). The number of hydrogen-bond acceptors (Lipinski definition) is 4. The number of hydrogen-bond donors (Lipinski definition) is 1. The Kier molecular flexibility index (Phi) is 4.88. The van der Waals surface area contributed by atoms with Crippen LogP contribution in [0.4, 0.5) is 22.0 Å². The maximum absolute atomic E-state index is 14.2. The molecule has 0 saturated heterocycles. The van der Waals surface area contributed by atoms with E-state index in [0.717, 1.165) is 18.2 Å². The van der Waals surface area contributed by atoms with Crippen molar-refractivity contribution in [2.45, 2.75) is 18.9 Å². The van der Waals surface area contributed by atoms with Crippen LogP contribution in [0.3, 0.4) is 0 Å². The summed E-state index contributed by atoms with van der Waals surface area (Å²) in [4.78, 5) is 9.13. The van der Waals surface area contributed by atoms with Gasteiger partial charge in [-0.1, -0.05) is 11.6 Å². The van der Waals surface area contributed by atoms with E-state index >= 15 is 0 Å². The van der Waals surface area contributed by atoms with Crippen LogP contribution in [0.5, 0.6) is 0 Å². The maximum Gasteiger partial charge on any atom is 0.418 e. The van der Waals surface area contributed by atoms with Crippen molar-refractivity contribution in [3.05, 3.63) is 69.9 Å². The monoisotopic (exact) mass is 440 g/mol. The molecule has 0 saturated carbocycles. The van der Waals surface area contributed by atoms with Gasteiger partial charge in [0.15, 0.2) is 12.0 Å². The minimum absolute atomic E-state index is 0.00000118. The molecule has 5 nitrogen and oxygen atoms in total. The van der Waals surface area contributed by atoms with Crippen LogP contribution in [0.15, 0.2) is 41.5 Å². The summed E-state index contributed by atoms with van der Waals surface area (Å²) in [6, 6.07) is 7.29. The zero-order chi connectivity index (χ0) is 21.6. The van der Waals surface area contributed by atoms with Gasteiger partial charge >= 0.3 is 6.18 Å². The third-order valence-electron chi connectivity index (χ3n) is 4.55. The molecule has 11 heteroatoms. The van der Waals surface area contributed by atoms with Gasteiger partial charge in [-0.05, 0) is 30.3 Å². The van der Waals surface area contributed by atoms with E-state index in [-0.39, 0.29) is 28.4 Å². The van der Waals surface area contributed by atoms with Crippen LogP contribution in [0.2, 0.25) is 5.02 Å². The molecular formula is C19H10ClF5N4O. The minimum Gasteiger partial charge on any atom is -0.386 e. The highest BCUT2D eigenvalue weighted by Gasteiger charge is 2.36. The highest BCUT2D eigenvalue weighted by Crippen LogP contribution is 2.37. The van der Waals surface area contributed by atoms with Crippen molar-refractivity contribution in [2.75, 3.05) is 0 Å². The zero-order valence-corrected chi connectivity index (χ0v) is 15.5. The van der Waals surface area contributed by atoms with Crippen molar-refractivity contribution < 1.29 is 26.8 Å². The second kappa shape index (κ2) is 7.27. The average Bonchev–Trinajstić information content (AvgIpc) is 3.31. The molecule has 0 spiro atoms. The first kappa shape index (κ1) is 20.1. The first-order valence-electron chi connectivity index (χ1n) is 8.44. The Labute approximate surface area is 170 Å². The third kappa shape index (κ3) is 3.36. The zero-order valence-electron chi connectivity index (χ0n) is 14.8. The fourth-order valence-electron chi connectivity index (χ4n) is 3.25. The summed E-state index contributed by atoms with van der Waals surface area (Å²) in [6.07, 6.45) is -4.15. The summed E-state index contributed by atoms with van der Waals surface area (Å²) < 4.78 is 69.9. The molecule has 1 aliphatic heterocycles. The molecule has 154 valence electrons. The van der Waals surface area contributed by atoms with Gasteiger partial charge in [0.25, 0.3) is 0 Å². The predicted octanol–water partition coefficient (Wildman–Crippen LogP) is 4.77. The van der Waals surface area contributed by atoms with E-state index in [9.17, 15) is 22.0 Å². The van der Waals surface area contributed by atoms with Crippen molar-refractivity contribution in [1.29, 1.82) is 5.26 Å². The lowest BCUT2D eigenvalue weighted by atomic mass is 10.0. The Morgan fingerprint density at radius 3 is 2.67 bits per heavy atom. The molecule has 3 aromatic rings. The van der Waals surface area contributed by atoms with Gasteiger partial charge < -0.3 is 9.40 Å². The Bertz CT molecular complexity index is 1230. The van der Waals surface area contributed by atoms with Gasteiger partial charge in [0.1, 0.15) is 11.4 Å². The maximum atomic E-state index is 14.2. The number of nitriles is 1. The van der Waals surface area contributed by atoms with Gasteiger partial charge in [-0.3, -0.25) is 0 Å². The van der Waals surface area contributed by atoms with E-state index in [1.807, 2.05) is 0 Å². The van der Waals surface area contributed by atoms with E-state index in [1.54, 1.807) is 6.07 Å². The predicted molar refractivity (Wildman–Crippen MR) is 97.6 cm³/mol. The molecule has 1 atom stereocenters. The summed E-state index contributed by atoms with van der Waals surface area (Å²) in [5, 5.41) is 8.55. The molecule has 1 aliphatic rings. The fourth-order valence-corrected chi connectivity index (χ4v) is 3.41. The lowest BCUT2D eigenvalue weighted by Gasteiger charge is -2.12. The molecular weight excluding hydrogens is 431 g/mol. The number of aromatic nitrogens is 1. The summed E-state index contributed by atoms with van der Waals surface area (Å²) in [5.41, 5.74) is 0.632. The first-order valence-corrected chi connectivity index (χ1v) is 8.81. The molecule has 2 heterocycles. The molecule has 1 unspecified atom stereocenters. The quantitative estimate of drug-likeness (QED) is 0.471. The highest BCUT2D eigenvalue weighted by molar-refractivity contribution is 6.31.